The van der Waals surface area contributed by atoms with E-state index in [2.05, 4.69) is 29.4 Å². The predicted molar refractivity (Wildman–Crippen MR) is 100 cm³/mol. The lowest BCUT2D eigenvalue weighted by Crippen LogP contribution is -2.42. The number of aryl methyl sites for hydroxylation is 1. The van der Waals surface area contributed by atoms with E-state index in [9.17, 15) is 0 Å². The minimum atomic E-state index is 0.279. The maximum absolute atomic E-state index is 5.76. The molecule has 0 aromatic heterocycles. The summed E-state index contributed by atoms with van der Waals surface area (Å²) < 4.78 is 17.0. The quantitative estimate of drug-likeness (QED) is 0.420. The Morgan fingerprint density at radius 3 is 2.80 bits per heavy atom. The lowest BCUT2D eigenvalue weighted by molar-refractivity contribution is 0.0190. The van der Waals surface area contributed by atoms with E-state index in [1.807, 2.05) is 24.1 Å². The van der Waals surface area contributed by atoms with Crippen LogP contribution in [0.5, 0.6) is 5.75 Å². The molecule has 1 N–H and O–H groups in total. The molecule has 1 heterocycles. The van der Waals surface area contributed by atoms with Gasteiger partial charge in [0.05, 0.1) is 25.9 Å². The van der Waals surface area contributed by atoms with Crippen LogP contribution < -0.4 is 10.1 Å². The van der Waals surface area contributed by atoms with E-state index in [1.165, 1.54) is 5.56 Å². The Balaban J connectivity index is 1.57. The summed E-state index contributed by atoms with van der Waals surface area (Å²) in [7, 11) is 3.79. The number of hydrogen-bond acceptors (Lipinski definition) is 4. The fourth-order valence-corrected chi connectivity index (χ4v) is 2.65. The number of rotatable bonds is 9. The van der Waals surface area contributed by atoms with E-state index in [0.29, 0.717) is 19.8 Å². The maximum atomic E-state index is 5.76. The second-order valence-electron chi connectivity index (χ2n) is 6.27. The molecule has 1 unspecified atom stereocenters. The molecule has 0 aliphatic carbocycles. The topological polar surface area (TPSA) is 55.3 Å². The Bertz CT molecular complexity index is 513. The van der Waals surface area contributed by atoms with Crippen molar-refractivity contribution in [2.75, 3.05) is 53.6 Å². The van der Waals surface area contributed by atoms with Gasteiger partial charge in [0.25, 0.3) is 0 Å². The number of likely N-dealkylation sites (N-methyl/N-ethyl adjacent to an activating group) is 1. The van der Waals surface area contributed by atoms with E-state index >= 15 is 0 Å². The summed E-state index contributed by atoms with van der Waals surface area (Å²) in [5.41, 5.74) is 1.23. The van der Waals surface area contributed by atoms with Crippen LogP contribution in [-0.4, -0.2) is 70.6 Å². The first-order chi connectivity index (χ1) is 12.2. The first kappa shape index (κ1) is 19.5. The lowest BCUT2D eigenvalue weighted by Gasteiger charge is -2.22. The van der Waals surface area contributed by atoms with Gasteiger partial charge in [-0.2, -0.15) is 0 Å². The van der Waals surface area contributed by atoms with Crippen molar-refractivity contribution in [2.24, 2.45) is 4.99 Å². The SMILES string of the molecule is CN=C(NCCOCC1CCCO1)N(C)CCOc1ccc(C)cc1. The fraction of sp³-hybridized carbons (Fsp3) is 0.632. The van der Waals surface area contributed by atoms with E-state index in [4.69, 9.17) is 14.2 Å². The van der Waals surface area contributed by atoms with Crippen LogP contribution in [0.4, 0.5) is 0 Å². The monoisotopic (exact) mass is 349 g/mol. The molecular weight excluding hydrogens is 318 g/mol. The zero-order valence-corrected chi connectivity index (χ0v) is 15.7. The zero-order valence-electron chi connectivity index (χ0n) is 15.7. The van der Waals surface area contributed by atoms with E-state index < -0.39 is 0 Å². The zero-order chi connectivity index (χ0) is 17.9. The molecule has 1 aliphatic rings. The lowest BCUT2D eigenvalue weighted by atomic mass is 10.2. The molecule has 0 spiro atoms. The van der Waals surface area contributed by atoms with Gasteiger partial charge in [0.15, 0.2) is 5.96 Å². The molecule has 25 heavy (non-hydrogen) atoms. The van der Waals surface area contributed by atoms with Crippen LogP contribution in [0.1, 0.15) is 18.4 Å². The van der Waals surface area contributed by atoms with Gasteiger partial charge in [0.2, 0.25) is 0 Å². The summed E-state index contributed by atoms with van der Waals surface area (Å²) in [5.74, 6) is 1.73. The molecular formula is C19H31N3O3. The van der Waals surface area contributed by atoms with E-state index in [1.54, 1.807) is 7.05 Å². The number of ether oxygens (including phenoxy) is 3. The number of guanidine groups is 1. The van der Waals surface area contributed by atoms with Crippen LogP contribution in [0, 0.1) is 6.92 Å². The minimum Gasteiger partial charge on any atom is -0.492 e. The van der Waals surface area contributed by atoms with Gasteiger partial charge in [-0.05, 0) is 31.9 Å². The third-order valence-electron chi connectivity index (χ3n) is 4.15. The van der Waals surface area contributed by atoms with E-state index in [-0.39, 0.29) is 6.10 Å². The number of nitrogens with one attached hydrogen (secondary N) is 1. The standard InChI is InChI=1S/C19H31N3O3/c1-16-6-8-17(9-7-16)25-14-11-22(3)19(20-2)21-10-13-23-15-18-5-4-12-24-18/h6-9,18H,4-5,10-15H2,1-3H3,(H,20,21). The summed E-state index contributed by atoms with van der Waals surface area (Å²) in [6.45, 7) is 6.35. The van der Waals surface area contributed by atoms with Gasteiger partial charge in [-0.15, -0.1) is 0 Å². The first-order valence-electron chi connectivity index (χ1n) is 8.99. The van der Waals surface area contributed by atoms with Crippen molar-refractivity contribution in [1.29, 1.82) is 0 Å². The number of benzene rings is 1. The molecule has 1 aromatic carbocycles. The molecule has 6 heteroatoms. The number of nitrogens with zero attached hydrogens (tertiary/aromatic N) is 2. The van der Waals surface area contributed by atoms with Crippen LogP contribution >= 0.6 is 0 Å². The molecule has 140 valence electrons. The van der Waals surface area contributed by atoms with Gasteiger partial charge in [-0.1, -0.05) is 17.7 Å². The summed E-state index contributed by atoms with van der Waals surface area (Å²) >= 11 is 0. The van der Waals surface area contributed by atoms with Crippen LogP contribution in [-0.2, 0) is 9.47 Å². The Morgan fingerprint density at radius 1 is 1.32 bits per heavy atom. The average Bonchev–Trinajstić information content (AvgIpc) is 3.13. The molecule has 1 atom stereocenters. The van der Waals surface area contributed by atoms with Gasteiger partial charge in [-0.3, -0.25) is 4.99 Å². The highest BCUT2D eigenvalue weighted by Gasteiger charge is 2.15. The summed E-state index contributed by atoms with van der Waals surface area (Å²) in [5, 5.41) is 3.31. The first-order valence-corrected chi connectivity index (χ1v) is 8.99. The van der Waals surface area contributed by atoms with Crippen molar-refractivity contribution in [2.45, 2.75) is 25.9 Å². The smallest absolute Gasteiger partial charge is 0.193 e. The van der Waals surface area contributed by atoms with Gasteiger partial charge < -0.3 is 24.4 Å². The third-order valence-corrected chi connectivity index (χ3v) is 4.15. The van der Waals surface area contributed by atoms with Gasteiger partial charge in [0, 0.05) is 27.2 Å². The minimum absolute atomic E-state index is 0.279. The Morgan fingerprint density at radius 2 is 2.12 bits per heavy atom. The summed E-state index contributed by atoms with van der Waals surface area (Å²) in [6.07, 6.45) is 2.54. The Hall–Kier alpha value is -1.79. The van der Waals surface area contributed by atoms with Crippen molar-refractivity contribution in [3.8, 4) is 5.75 Å². The molecule has 0 amide bonds. The molecule has 0 radical (unpaired) electrons. The average molecular weight is 349 g/mol. The van der Waals surface area contributed by atoms with Gasteiger partial charge in [0.1, 0.15) is 12.4 Å². The highest BCUT2D eigenvalue weighted by atomic mass is 16.5. The van der Waals surface area contributed by atoms with Crippen molar-refractivity contribution in [1.82, 2.24) is 10.2 Å². The maximum Gasteiger partial charge on any atom is 0.193 e. The van der Waals surface area contributed by atoms with Crippen molar-refractivity contribution >= 4 is 5.96 Å². The molecule has 1 aliphatic heterocycles. The van der Waals surface area contributed by atoms with Crippen molar-refractivity contribution in [3.63, 3.8) is 0 Å². The molecule has 1 saturated heterocycles. The highest BCUT2D eigenvalue weighted by Crippen LogP contribution is 2.12. The van der Waals surface area contributed by atoms with Crippen molar-refractivity contribution in [3.05, 3.63) is 29.8 Å². The number of hydrogen-bond donors (Lipinski definition) is 1. The normalized spacial score (nSPS) is 17.6. The molecule has 6 nitrogen and oxygen atoms in total. The van der Waals surface area contributed by atoms with Crippen LogP contribution in [0.2, 0.25) is 0 Å². The molecule has 0 saturated carbocycles. The van der Waals surface area contributed by atoms with Crippen LogP contribution in [0.25, 0.3) is 0 Å². The Labute approximate surface area is 151 Å². The third kappa shape index (κ3) is 7.32. The Kier molecular flexibility index (Phi) is 8.55. The molecule has 2 rings (SSSR count). The summed E-state index contributed by atoms with van der Waals surface area (Å²) in [4.78, 5) is 6.35. The second-order valence-corrected chi connectivity index (χ2v) is 6.27. The largest absolute Gasteiger partial charge is 0.492 e. The van der Waals surface area contributed by atoms with Crippen LogP contribution in [0.15, 0.2) is 29.3 Å². The summed E-state index contributed by atoms with van der Waals surface area (Å²) in [6, 6.07) is 8.09. The molecule has 1 fully saturated rings. The molecule has 1 aromatic rings. The van der Waals surface area contributed by atoms with Crippen molar-refractivity contribution < 1.29 is 14.2 Å². The van der Waals surface area contributed by atoms with Crippen LogP contribution in [0.3, 0.4) is 0 Å². The predicted octanol–water partition coefficient (Wildman–Crippen LogP) is 2.08. The number of aliphatic imine (C=N–C) groups is 1. The van der Waals surface area contributed by atoms with E-state index in [0.717, 1.165) is 44.2 Å². The van der Waals surface area contributed by atoms with Gasteiger partial charge in [-0.25, -0.2) is 0 Å². The molecule has 0 bridgehead atoms. The second kappa shape index (κ2) is 10.9. The fourth-order valence-electron chi connectivity index (χ4n) is 2.65. The van der Waals surface area contributed by atoms with Gasteiger partial charge >= 0.3 is 0 Å². The highest BCUT2D eigenvalue weighted by molar-refractivity contribution is 5.79.